The first-order valence-corrected chi connectivity index (χ1v) is 11.6. The summed E-state index contributed by atoms with van der Waals surface area (Å²) in [5.41, 5.74) is 1.05. The molecule has 0 saturated carbocycles. The third-order valence-electron chi connectivity index (χ3n) is 5.64. The van der Waals surface area contributed by atoms with Crippen LogP contribution in [0.15, 0.2) is 30.3 Å². The van der Waals surface area contributed by atoms with Crippen LogP contribution in [0, 0.1) is 0 Å². The van der Waals surface area contributed by atoms with Gasteiger partial charge in [-0.2, -0.15) is 0 Å². The predicted octanol–water partition coefficient (Wildman–Crippen LogP) is 6.98. The summed E-state index contributed by atoms with van der Waals surface area (Å²) in [6, 6.07) is 9.85. The Hall–Kier alpha value is -1.35. The number of ether oxygens (including phenoxy) is 2. The molecular formula is C25H40O3. The van der Waals surface area contributed by atoms with E-state index in [9.17, 15) is 4.79 Å². The number of benzene rings is 1. The first kappa shape index (κ1) is 22.9. The zero-order chi connectivity index (χ0) is 19.9. The second-order valence-corrected chi connectivity index (χ2v) is 8.22. The summed E-state index contributed by atoms with van der Waals surface area (Å²) < 4.78 is 11.1. The van der Waals surface area contributed by atoms with Gasteiger partial charge < -0.3 is 9.47 Å². The van der Waals surface area contributed by atoms with Crippen molar-refractivity contribution in [3.8, 4) is 0 Å². The molecular weight excluding hydrogens is 348 g/mol. The molecule has 3 heteroatoms. The van der Waals surface area contributed by atoms with Crippen molar-refractivity contribution in [2.45, 2.75) is 116 Å². The lowest BCUT2D eigenvalue weighted by Gasteiger charge is -2.04. The Morgan fingerprint density at radius 3 is 2.04 bits per heavy atom. The molecule has 2 unspecified atom stereocenters. The maximum atomic E-state index is 11.8. The van der Waals surface area contributed by atoms with Crippen molar-refractivity contribution in [2.24, 2.45) is 0 Å². The molecule has 28 heavy (non-hydrogen) atoms. The van der Waals surface area contributed by atoms with Crippen molar-refractivity contribution in [1.29, 1.82) is 0 Å². The monoisotopic (exact) mass is 388 g/mol. The van der Waals surface area contributed by atoms with Crippen LogP contribution in [-0.2, 0) is 20.9 Å². The van der Waals surface area contributed by atoms with Gasteiger partial charge in [-0.15, -0.1) is 0 Å². The van der Waals surface area contributed by atoms with Crippen LogP contribution in [0.3, 0.4) is 0 Å². The zero-order valence-corrected chi connectivity index (χ0v) is 17.9. The van der Waals surface area contributed by atoms with Crippen LogP contribution in [0.1, 0.15) is 102 Å². The zero-order valence-electron chi connectivity index (χ0n) is 17.9. The van der Waals surface area contributed by atoms with Crippen molar-refractivity contribution in [1.82, 2.24) is 0 Å². The number of hydrogen-bond donors (Lipinski definition) is 0. The standard InChI is InChI=1S/C25H40O3/c1-2-3-4-5-6-7-8-13-18-23-24(28-23)19-14-10-15-20-25(26)27-21-22-16-11-9-12-17-22/h9,11-12,16-17,23-24H,2-8,10,13-15,18-21H2,1H3. The maximum absolute atomic E-state index is 11.8. The topological polar surface area (TPSA) is 38.8 Å². The van der Waals surface area contributed by atoms with Crippen molar-refractivity contribution >= 4 is 5.97 Å². The van der Waals surface area contributed by atoms with Crippen LogP contribution >= 0.6 is 0 Å². The van der Waals surface area contributed by atoms with E-state index in [2.05, 4.69) is 6.92 Å². The van der Waals surface area contributed by atoms with Crippen molar-refractivity contribution in [3.63, 3.8) is 0 Å². The lowest BCUT2D eigenvalue weighted by molar-refractivity contribution is -0.145. The van der Waals surface area contributed by atoms with Crippen molar-refractivity contribution < 1.29 is 14.3 Å². The molecule has 1 aromatic rings. The van der Waals surface area contributed by atoms with Gasteiger partial charge in [-0.1, -0.05) is 101 Å². The Morgan fingerprint density at radius 1 is 0.821 bits per heavy atom. The van der Waals surface area contributed by atoms with Crippen molar-refractivity contribution in [2.75, 3.05) is 0 Å². The average molecular weight is 389 g/mol. The number of epoxide rings is 1. The number of hydrogen-bond acceptors (Lipinski definition) is 3. The molecule has 3 nitrogen and oxygen atoms in total. The maximum Gasteiger partial charge on any atom is 0.306 e. The molecule has 0 amide bonds. The van der Waals surface area contributed by atoms with Crippen LogP contribution in [0.5, 0.6) is 0 Å². The molecule has 1 heterocycles. The minimum Gasteiger partial charge on any atom is -0.461 e. The number of unbranched alkanes of at least 4 members (excludes halogenated alkanes) is 9. The summed E-state index contributed by atoms with van der Waals surface area (Å²) in [6.45, 7) is 2.66. The minimum atomic E-state index is -0.0842. The third-order valence-corrected chi connectivity index (χ3v) is 5.64. The summed E-state index contributed by atoms with van der Waals surface area (Å²) >= 11 is 0. The fourth-order valence-electron chi connectivity index (χ4n) is 3.77. The van der Waals surface area contributed by atoms with Crippen LogP contribution in [0.25, 0.3) is 0 Å². The average Bonchev–Trinajstić information content (AvgIpc) is 3.47. The summed E-state index contributed by atoms with van der Waals surface area (Å²) in [4.78, 5) is 11.8. The van der Waals surface area contributed by atoms with E-state index in [0.29, 0.717) is 25.2 Å². The molecule has 0 aromatic heterocycles. The molecule has 1 aliphatic rings. The highest BCUT2D eigenvalue weighted by molar-refractivity contribution is 5.69. The molecule has 0 N–H and O–H groups in total. The largest absolute Gasteiger partial charge is 0.461 e. The normalized spacial score (nSPS) is 18.2. The highest BCUT2D eigenvalue weighted by atomic mass is 16.6. The van der Waals surface area contributed by atoms with Crippen LogP contribution in [0.4, 0.5) is 0 Å². The SMILES string of the molecule is CCCCCCCCCCC1OC1CCCCCC(=O)OCc1ccccc1. The van der Waals surface area contributed by atoms with Gasteiger partial charge in [0.1, 0.15) is 6.61 Å². The van der Waals surface area contributed by atoms with Crippen LogP contribution in [-0.4, -0.2) is 18.2 Å². The molecule has 1 saturated heterocycles. The number of rotatable bonds is 17. The van der Waals surface area contributed by atoms with E-state index in [1.54, 1.807) is 0 Å². The van der Waals surface area contributed by atoms with Gasteiger partial charge in [0.25, 0.3) is 0 Å². The lowest BCUT2D eigenvalue weighted by Crippen LogP contribution is -2.04. The van der Waals surface area contributed by atoms with Gasteiger partial charge in [-0.3, -0.25) is 4.79 Å². The van der Waals surface area contributed by atoms with Gasteiger partial charge in [0, 0.05) is 6.42 Å². The first-order chi connectivity index (χ1) is 13.8. The summed E-state index contributed by atoms with van der Waals surface area (Å²) in [5, 5.41) is 0. The van der Waals surface area contributed by atoms with Crippen LogP contribution in [0.2, 0.25) is 0 Å². The number of esters is 1. The molecule has 2 rings (SSSR count). The Labute approximate surface area is 172 Å². The van der Waals surface area contributed by atoms with E-state index < -0.39 is 0 Å². The smallest absolute Gasteiger partial charge is 0.306 e. The predicted molar refractivity (Wildman–Crippen MR) is 115 cm³/mol. The third kappa shape index (κ3) is 10.8. The highest BCUT2D eigenvalue weighted by Crippen LogP contribution is 2.31. The Bertz CT molecular complexity index is 514. The molecule has 2 atom stereocenters. The molecule has 0 radical (unpaired) electrons. The van der Waals surface area contributed by atoms with Gasteiger partial charge >= 0.3 is 5.97 Å². The highest BCUT2D eigenvalue weighted by Gasteiger charge is 2.36. The van der Waals surface area contributed by atoms with E-state index in [-0.39, 0.29) is 5.97 Å². The van der Waals surface area contributed by atoms with Gasteiger partial charge in [0.2, 0.25) is 0 Å². The van der Waals surface area contributed by atoms with E-state index >= 15 is 0 Å². The Kier molecular flexibility index (Phi) is 12.0. The van der Waals surface area contributed by atoms with E-state index in [4.69, 9.17) is 9.47 Å². The molecule has 1 aromatic carbocycles. The number of carbonyl (C=O) groups is 1. The summed E-state index contributed by atoms with van der Waals surface area (Å²) in [7, 11) is 0. The molecule has 0 aliphatic carbocycles. The second kappa shape index (κ2) is 14.6. The van der Waals surface area contributed by atoms with Gasteiger partial charge in [0.15, 0.2) is 0 Å². The van der Waals surface area contributed by atoms with Gasteiger partial charge in [0.05, 0.1) is 12.2 Å². The van der Waals surface area contributed by atoms with Crippen molar-refractivity contribution in [3.05, 3.63) is 35.9 Å². The molecule has 0 bridgehead atoms. The first-order valence-electron chi connectivity index (χ1n) is 11.6. The van der Waals surface area contributed by atoms with E-state index in [1.807, 2.05) is 30.3 Å². The molecule has 1 aliphatic heterocycles. The summed E-state index contributed by atoms with van der Waals surface area (Å²) in [6.07, 6.45) is 18.1. The second-order valence-electron chi connectivity index (χ2n) is 8.22. The lowest BCUT2D eigenvalue weighted by atomic mass is 10.0. The van der Waals surface area contributed by atoms with Gasteiger partial charge in [-0.05, 0) is 24.8 Å². The fraction of sp³-hybridized carbons (Fsp3) is 0.720. The summed E-state index contributed by atoms with van der Waals surface area (Å²) in [5.74, 6) is -0.0842. The molecule has 0 spiro atoms. The molecule has 1 fully saturated rings. The van der Waals surface area contributed by atoms with Crippen LogP contribution < -0.4 is 0 Å². The van der Waals surface area contributed by atoms with E-state index in [1.165, 1.54) is 57.8 Å². The Balaban J connectivity index is 1.34. The quantitative estimate of drug-likeness (QED) is 0.164. The van der Waals surface area contributed by atoms with E-state index in [0.717, 1.165) is 31.2 Å². The fourth-order valence-corrected chi connectivity index (χ4v) is 3.77. The van der Waals surface area contributed by atoms with Gasteiger partial charge in [-0.25, -0.2) is 0 Å². The Morgan fingerprint density at radius 2 is 1.39 bits per heavy atom. The minimum absolute atomic E-state index is 0.0842. The number of carbonyl (C=O) groups excluding carboxylic acids is 1. The molecule has 158 valence electrons.